The third kappa shape index (κ3) is 5.30. The molecule has 9 heteroatoms. The summed E-state index contributed by atoms with van der Waals surface area (Å²) in [5, 5.41) is 0. The molecule has 158 valence electrons. The summed E-state index contributed by atoms with van der Waals surface area (Å²) < 4.78 is 28.5. The fourth-order valence-corrected chi connectivity index (χ4v) is 2.91. The molecular weight excluding hydrogens is 382 g/mol. The molecule has 2 aromatic rings. The lowest BCUT2D eigenvalue weighted by Gasteiger charge is -2.25. The second kappa shape index (κ2) is 9.49. The monoisotopic (exact) mass is 408 g/mol. The van der Waals surface area contributed by atoms with E-state index in [1.807, 2.05) is 20.8 Å². The largest absolute Gasteiger partial charge is 0.383 e. The summed E-state index contributed by atoms with van der Waals surface area (Å²) in [6.07, 6.45) is 1.94. The van der Waals surface area contributed by atoms with Gasteiger partial charge in [0.25, 0.3) is 11.5 Å². The van der Waals surface area contributed by atoms with Crippen LogP contribution in [0.3, 0.4) is 0 Å². The van der Waals surface area contributed by atoms with Gasteiger partial charge in [-0.15, -0.1) is 0 Å². The highest BCUT2D eigenvalue weighted by Gasteiger charge is 2.26. The third-order valence-corrected chi connectivity index (χ3v) is 4.50. The van der Waals surface area contributed by atoms with E-state index in [2.05, 4.69) is 4.98 Å². The number of benzene rings is 1. The number of anilines is 2. The van der Waals surface area contributed by atoms with E-state index in [0.29, 0.717) is 18.9 Å². The van der Waals surface area contributed by atoms with Crippen LogP contribution in [-0.2, 0) is 6.54 Å². The van der Waals surface area contributed by atoms with Gasteiger partial charge >= 0.3 is 5.69 Å². The summed E-state index contributed by atoms with van der Waals surface area (Å²) in [6, 6.07) is 2.44. The van der Waals surface area contributed by atoms with Crippen LogP contribution < -0.4 is 21.9 Å². The number of nitrogens with one attached hydrogen (secondary N) is 1. The lowest BCUT2D eigenvalue weighted by Crippen LogP contribution is -2.42. The molecule has 0 saturated heterocycles. The van der Waals surface area contributed by atoms with E-state index in [1.165, 1.54) is 4.57 Å². The van der Waals surface area contributed by atoms with Gasteiger partial charge in [0, 0.05) is 24.7 Å². The minimum Gasteiger partial charge on any atom is -0.383 e. The molecule has 1 amide bonds. The fraction of sp³-hybridized carbons (Fsp3) is 0.450. The number of unbranched alkanes of at least 4 members (excludes halogenated alkanes) is 1. The summed E-state index contributed by atoms with van der Waals surface area (Å²) in [5.74, 6) is -2.57. The number of nitrogen functional groups attached to an aromatic ring is 1. The van der Waals surface area contributed by atoms with Crippen LogP contribution in [0.1, 0.15) is 50.4 Å². The van der Waals surface area contributed by atoms with Crippen molar-refractivity contribution in [3.8, 4) is 0 Å². The van der Waals surface area contributed by atoms with Crippen LogP contribution in [0.5, 0.6) is 0 Å². The lowest BCUT2D eigenvalue weighted by atomic mass is 10.1. The van der Waals surface area contributed by atoms with Crippen molar-refractivity contribution in [3.63, 3.8) is 0 Å². The topological polar surface area (TPSA) is 101 Å². The zero-order valence-electron chi connectivity index (χ0n) is 16.8. The Morgan fingerprint density at radius 1 is 1.21 bits per heavy atom. The Labute approximate surface area is 167 Å². The van der Waals surface area contributed by atoms with Gasteiger partial charge < -0.3 is 10.6 Å². The number of halogens is 2. The Bertz CT molecular complexity index is 978. The fourth-order valence-electron chi connectivity index (χ4n) is 2.91. The molecule has 0 spiro atoms. The SMILES string of the molecule is CCCCn1c(N)c(N(CCC(C)C)C(=O)c2cc(F)cc(F)c2)c(=O)[nH]c1=O. The van der Waals surface area contributed by atoms with Gasteiger partial charge in [0.05, 0.1) is 0 Å². The number of hydrogen-bond donors (Lipinski definition) is 2. The van der Waals surface area contributed by atoms with Gasteiger partial charge in [-0.3, -0.25) is 19.1 Å². The maximum Gasteiger partial charge on any atom is 0.330 e. The number of H-pyrrole nitrogens is 1. The second-order valence-electron chi connectivity index (χ2n) is 7.30. The number of aromatic amines is 1. The summed E-state index contributed by atoms with van der Waals surface area (Å²) in [4.78, 5) is 41.1. The van der Waals surface area contributed by atoms with Crippen LogP contribution in [-0.4, -0.2) is 22.0 Å². The maximum atomic E-state index is 13.6. The predicted octanol–water partition coefficient (Wildman–Crippen LogP) is 2.89. The Morgan fingerprint density at radius 2 is 1.83 bits per heavy atom. The van der Waals surface area contributed by atoms with Crippen molar-refractivity contribution < 1.29 is 13.6 Å². The molecule has 29 heavy (non-hydrogen) atoms. The molecule has 1 heterocycles. The molecule has 0 saturated carbocycles. The van der Waals surface area contributed by atoms with Gasteiger partial charge in [-0.25, -0.2) is 13.6 Å². The van der Waals surface area contributed by atoms with Gasteiger partial charge in [0.15, 0.2) is 5.69 Å². The zero-order chi connectivity index (χ0) is 21.7. The highest BCUT2D eigenvalue weighted by molar-refractivity contribution is 6.07. The van der Waals surface area contributed by atoms with Crippen LogP contribution in [0, 0.1) is 17.6 Å². The number of hydrogen-bond acceptors (Lipinski definition) is 4. The Kier molecular flexibility index (Phi) is 7.30. The number of aromatic nitrogens is 2. The molecular formula is C20H26F2N4O3. The molecule has 0 radical (unpaired) electrons. The molecule has 0 aliphatic rings. The van der Waals surface area contributed by atoms with Crippen molar-refractivity contribution in [3.05, 3.63) is 56.2 Å². The number of amides is 1. The molecule has 7 nitrogen and oxygen atoms in total. The summed E-state index contributed by atoms with van der Waals surface area (Å²) in [5.41, 5.74) is 4.16. The van der Waals surface area contributed by atoms with Crippen molar-refractivity contribution in [2.75, 3.05) is 17.2 Å². The van der Waals surface area contributed by atoms with Crippen molar-refractivity contribution in [1.82, 2.24) is 9.55 Å². The van der Waals surface area contributed by atoms with Gasteiger partial charge in [-0.05, 0) is 30.9 Å². The minimum atomic E-state index is -0.910. The molecule has 0 fully saturated rings. The highest BCUT2D eigenvalue weighted by atomic mass is 19.1. The second-order valence-corrected chi connectivity index (χ2v) is 7.30. The quantitative estimate of drug-likeness (QED) is 0.701. The predicted molar refractivity (Wildman–Crippen MR) is 108 cm³/mol. The third-order valence-electron chi connectivity index (χ3n) is 4.50. The van der Waals surface area contributed by atoms with Crippen LogP contribution in [0.2, 0.25) is 0 Å². The summed E-state index contributed by atoms with van der Waals surface area (Å²) in [7, 11) is 0. The number of nitrogens with zero attached hydrogens (tertiary/aromatic N) is 2. The summed E-state index contributed by atoms with van der Waals surface area (Å²) >= 11 is 0. The number of carbonyl (C=O) groups is 1. The van der Waals surface area contributed by atoms with E-state index < -0.39 is 28.8 Å². The molecule has 0 unspecified atom stereocenters. The standard InChI is InChI=1S/C20H26F2N4O3/c1-4-5-7-26-17(23)16(18(27)24-20(26)29)25(8-6-12(2)3)19(28)13-9-14(21)11-15(22)10-13/h9-12H,4-8,23H2,1-3H3,(H,24,27,29). The van der Waals surface area contributed by atoms with Crippen molar-refractivity contribution in [1.29, 1.82) is 0 Å². The maximum absolute atomic E-state index is 13.6. The first kappa shape index (κ1) is 22.3. The first-order chi connectivity index (χ1) is 13.6. The van der Waals surface area contributed by atoms with E-state index in [4.69, 9.17) is 5.73 Å². The van der Waals surface area contributed by atoms with E-state index in [-0.39, 0.29) is 36.1 Å². The number of rotatable bonds is 8. The van der Waals surface area contributed by atoms with Gasteiger partial charge in [0.2, 0.25) is 0 Å². The summed E-state index contributed by atoms with van der Waals surface area (Å²) in [6.45, 7) is 6.16. The van der Waals surface area contributed by atoms with Crippen LogP contribution in [0.15, 0.2) is 27.8 Å². The molecule has 1 aromatic heterocycles. The van der Waals surface area contributed by atoms with Crippen LogP contribution in [0.4, 0.5) is 20.3 Å². The van der Waals surface area contributed by atoms with Crippen LogP contribution >= 0.6 is 0 Å². The minimum absolute atomic E-state index is 0.0912. The number of nitrogens with two attached hydrogens (primary N) is 1. The molecule has 0 aliphatic carbocycles. The van der Waals surface area contributed by atoms with E-state index in [1.54, 1.807) is 0 Å². The lowest BCUT2D eigenvalue weighted by molar-refractivity contribution is 0.0984. The molecule has 0 atom stereocenters. The highest BCUT2D eigenvalue weighted by Crippen LogP contribution is 2.22. The zero-order valence-corrected chi connectivity index (χ0v) is 16.8. The first-order valence-electron chi connectivity index (χ1n) is 9.56. The van der Waals surface area contributed by atoms with Gasteiger partial charge in [0.1, 0.15) is 17.5 Å². The van der Waals surface area contributed by atoms with Crippen molar-refractivity contribution >= 4 is 17.4 Å². The molecule has 0 bridgehead atoms. The van der Waals surface area contributed by atoms with Crippen LogP contribution in [0.25, 0.3) is 0 Å². The van der Waals surface area contributed by atoms with Crippen molar-refractivity contribution in [2.24, 2.45) is 5.92 Å². The molecule has 0 aliphatic heterocycles. The van der Waals surface area contributed by atoms with Crippen molar-refractivity contribution in [2.45, 2.75) is 46.6 Å². The molecule has 1 aromatic carbocycles. The van der Waals surface area contributed by atoms with E-state index in [0.717, 1.165) is 23.5 Å². The molecule has 3 N–H and O–H groups in total. The first-order valence-corrected chi connectivity index (χ1v) is 9.56. The number of carbonyl (C=O) groups excluding carboxylic acids is 1. The Hall–Kier alpha value is -2.97. The average molecular weight is 408 g/mol. The van der Waals surface area contributed by atoms with E-state index >= 15 is 0 Å². The normalized spacial score (nSPS) is 11.1. The van der Waals surface area contributed by atoms with Gasteiger partial charge in [-0.2, -0.15) is 0 Å². The van der Waals surface area contributed by atoms with E-state index in [9.17, 15) is 23.2 Å². The average Bonchev–Trinajstić information content (AvgIpc) is 2.62. The molecule has 2 rings (SSSR count). The Morgan fingerprint density at radius 3 is 2.38 bits per heavy atom. The smallest absolute Gasteiger partial charge is 0.330 e. The Balaban J connectivity index is 2.62. The van der Waals surface area contributed by atoms with Gasteiger partial charge in [-0.1, -0.05) is 27.2 Å².